The zero-order valence-electron chi connectivity index (χ0n) is 21.8. The Kier molecular flexibility index (Phi) is 19.9. The van der Waals surface area contributed by atoms with Crippen molar-refractivity contribution in [3.05, 3.63) is 0 Å². The van der Waals surface area contributed by atoms with Crippen LogP contribution in [0, 0.1) is 17.3 Å². The Hall–Kier alpha value is 0. The lowest BCUT2D eigenvalue weighted by molar-refractivity contribution is 0.171. The first-order chi connectivity index (χ1) is 14.0. The van der Waals surface area contributed by atoms with Crippen LogP contribution in [-0.4, -0.2) is 0 Å². The highest BCUT2D eigenvalue weighted by Crippen LogP contribution is 2.42. The van der Waals surface area contributed by atoms with Crippen LogP contribution in [0.3, 0.4) is 0 Å². The Morgan fingerprint density at radius 3 is 1.00 bits per heavy atom. The molecule has 0 aromatic rings. The van der Waals surface area contributed by atoms with E-state index in [0.29, 0.717) is 5.41 Å². The Labute approximate surface area is 187 Å². The Morgan fingerprint density at radius 1 is 0.414 bits per heavy atom. The highest BCUT2D eigenvalue weighted by Gasteiger charge is 2.28. The van der Waals surface area contributed by atoms with E-state index in [4.69, 9.17) is 0 Å². The summed E-state index contributed by atoms with van der Waals surface area (Å²) < 4.78 is 0. The molecule has 29 heavy (non-hydrogen) atoms. The topological polar surface area (TPSA) is 0 Å². The molecule has 0 spiro atoms. The fourth-order valence-corrected chi connectivity index (χ4v) is 5.06. The summed E-state index contributed by atoms with van der Waals surface area (Å²) in [4.78, 5) is 0. The number of rotatable bonds is 22. The molecule has 0 aromatic heterocycles. The van der Waals surface area contributed by atoms with E-state index >= 15 is 0 Å². The van der Waals surface area contributed by atoms with Gasteiger partial charge in [0.15, 0.2) is 0 Å². The summed E-state index contributed by atoms with van der Waals surface area (Å²) in [5.41, 5.74) is 0.678. The van der Waals surface area contributed by atoms with Gasteiger partial charge in [-0.25, -0.2) is 0 Å². The molecule has 0 nitrogen and oxygen atoms in total. The molecule has 0 aromatic carbocycles. The van der Waals surface area contributed by atoms with E-state index in [2.05, 4.69) is 41.5 Å². The first kappa shape index (κ1) is 29.0. The molecule has 0 aliphatic carbocycles. The van der Waals surface area contributed by atoms with Crippen LogP contribution in [0.15, 0.2) is 0 Å². The largest absolute Gasteiger partial charge is 0.0654 e. The van der Waals surface area contributed by atoms with E-state index in [9.17, 15) is 0 Å². The molecule has 0 fully saturated rings. The van der Waals surface area contributed by atoms with Crippen LogP contribution in [0.2, 0.25) is 0 Å². The molecule has 0 saturated heterocycles. The predicted octanol–water partition coefficient (Wildman–Crippen LogP) is 11.1. The standard InChI is InChI=1S/C29H60/c1-7-9-11-17-23-29(24-18-12-10-8-2,25-19-13-15-21-27(3)4)26-20-14-16-22-28(5)6/h27-28H,7-26H2,1-6H3. The SMILES string of the molecule is CCCCCCC(CCCCCC)(CCCCCC(C)C)CCCCCC(C)C. The third-order valence-corrected chi connectivity index (χ3v) is 7.10. The summed E-state index contributed by atoms with van der Waals surface area (Å²) in [5.74, 6) is 1.76. The molecule has 0 amide bonds. The van der Waals surface area contributed by atoms with Gasteiger partial charge >= 0.3 is 0 Å². The lowest BCUT2D eigenvalue weighted by Crippen LogP contribution is -2.21. The molecule has 0 heterocycles. The van der Waals surface area contributed by atoms with Crippen molar-refractivity contribution in [2.24, 2.45) is 17.3 Å². The summed E-state index contributed by atoms with van der Waals surface area (Å²) in [6.07, 6.45) is 29.3. The fourth-order valence-electron chi connectivity index (χ4n) is 5.06. The summed E-state index contributed by atoms with van der Waals surface area (Å²) in [6, 6.07) is 0. The van der Waals surface area contributed by atoms with Crippen molar-refractivity contribution in [2.45, 2.75) is 170 Å². The maximum absolute atomic E-state index is 2.38. The summed E-state index contributed by atoms with van der Waals surface area (Å²) in [7, 11) is 0. The zero-order chi connectivity index (χ0) is 21.8. The average molecular weight is 409 g/mol. The van der Waals surface area contributed by atoms with Gasteiger partial charge in [0.25, 0.3) is 0 Å². The van der Waals surface area contributed by atoms with Crippen molar-refractivity contribution in [2.75, 3.05) is 0 Å². The summed E-state index contributed by atoms with van der Waals surface area (Å²) in [6.45, 7) is 14.2. The minimum Gasteiger partial charge on any atom is -0.0654 e. The second-order valence-electron chi connectivity index (χ2n) is 11.1. The van der Waals surface area contributed by atoms with Gasteiger partial charge in [-0.2, -0.15) is 0 Å². The normalized spacial score (nSPS) is 12.4. The molecule has 0 radical (unpaired) electrons. The van der Waals surface area contributed by atoms with Crippen LogP contribution in [0.25, 0.3) is 0 Å². The third kappa shape index (κ3) is 18.5. The molecular weight excluding hydrogens is 348 g/mol. The summed E-state index contributed by atoms with van der Waals surface area (Å²) in [5, 5.41) is 0. The molecule has 0 heteroatoms. The predicted molar refractivity (Wildman–Crippen MR) is 136 cm³/mol. The second kappa shape index (κ2) is 19.9. The highest BCUT2D eigenvalue weighted by atomic mass is 14.3. The summed E-state index contributed by atoms with van der Waals surface area (Å²) >= 11 is 0. The van der Waals surface area contributed by atoms with Crippen molar-refractivity contribution < 1.29 is 0 Å². The van der Waals surface area contributed by atoms with Crippen LogP contribution in [0.4, 0.5) is 0 Å². The zero-order valence-corrected chi connectivity index (χ0v) is 21.8. The molecule has 0 bridgehead atoms. The van der Waals surface area contributed by atoms with E-state index in [1.807, 2.05) is 0 Å². The maximum Gasteiger partial charge on any atom is -0.0297 e. The van der Waals surface area contributed by atoms with Gasteiger partial charge in [-0.15, -0.1) is 0 Å². The molecule has 0 N–H and O–H groups in total. The van der Waals surface area contributed by atoms with E-state index < -0.39 is 0 Å². The minimum atomic E-state index is 0.678. The molecule has 0 atom stereocenters. The molecule has 0 rings (SSSR count). The average Bonchev–Trinajstić information content (AvgIpc) is 2.67. The monoisotopic (exact) mass is 408 g/mol. The molecule has 0 aliphatic rings. The van der Waals surface area contributed by atoms with Crippen LogP contribution < -0.4 is 0 Å². The first-order valence-electron chi connectivity index (χ1n) is 14.0. The van der Waals surface area contributed by atoms with Crippen molar-refractivity contribution in [3.63, 3.8) is 0 Å². The molecule has 0 aliphatic heterocycles. The van der Waals surface area contributed by atoms with Crippen molar-refractivity contribution in [1.29, 1.82) is 0 Å². The van der Waals surface area contributed by atoms with E-state index in [0.717, 1.165) is 11.8 Å². The van der Waals surface area contributed by atoms with Crippen LogP contribution in [-0.2, 0) is 0 Å². The second-order valence-corrected chi connectivity index (χ2v) is 11.1. The van der Waals surface area contributed by atoms with Crippen molar-refractivity contribution in [1.82, 2.24) is 0 Å². The van der Waals surface area contributed by atoms with Crippen LogP contribution >= 0.6 is 0 Å². The molecule has 0 saturated carbocycles. The quantitative estimate of drug-likeness (QED) is 0.156. The van der Waals surface area contributed by atoms with Gasteiger partial charge in [-0.3, -0.25) is 0 Å². The van der Waals surface area contributed by atoms with Gasteiger partial charge in [0, 0.05) is 0 Å². The fraction of sp³-hybridized carbons (Fsp3) is 1.00. The minimum absolute atomic E-state index is 0.678. The van der Waals surface area contributed by atoms with Crippen molar-refractivity contribution in [3.8, 4) is 0 Å². The van der Waals surface area contributed by atoms with Gasteiger partial charge in [0.2, 0.25) is 0 Å². The van der Waals surface area contributed by atoms with Crippen molar-refractivity contribution >= 4 is 0 Å². The number of unbranched alkanes of at least 4 members (excludes halogenated alkanes) is 10. The molecular formula is C29H60. The molecule has 176 valence electrons. The van der Waals surface area contributed by atoms with Gasteiger partial charge < -0.3 is 0 Å². The van der Waals surface area contributed by atoms with Crippen LogP contribution in [0.1, 0.15) is 170 Å². The van der Waals surface area contributed by atoms with Crippen LogP contribution in [0.5, 0.6) is 0 Å². The third-order valence-electron chi connectivity index (χ3n) is 7.10. The Bertz CT molecular complexity index is 282. The first-order valence-corrected chi connectivity index (χ1v) is 14.0. The van der Waals surface area contributed by atoms with Gasteiger partial charge in [-0.1, -0.05) is 144 Å². The lowest BCUT2D eigenvalue weighted by atomic mass is 9.70. The van der Waals surface area contributed by atoms with E-state index in [-0.39, 0.29) is 0 Å². The highest BCUT2D eigenvalue weighted by molar-refractivity contribution is 4.80. The van der Waals surface area contributed by atoms with Gasteiger partial charge in [0.05, 0.1) is 0 Å². The maximum atomic E-state index is 2.38. The van der Waals surface area contributed by atoms with Gasteiger partial charge in [-0.05, 0) is 42.9 Å². The van der Waals surface area contributed by atoms with E-state index in [1.54, 1.807) is 0 Å². The number of hydrogen-bond acceptors (Lipinski definition) is 0. The lowest BCUT2D eigenvalue weighted by Gasteiger charge is -2.35. The number of hydrogen-bond donors (Lipinski definition) is 0. The smallest absolute Gasteiger partial charge is 0.0297 e. The Morgan fingerprint density at radius 2 is 0.724 bits per heavy atom. The Balaban J connectivity index is 4.72. The van der Waals surface area contributed by atoms with Gasteiger partial charge in [0.1, 0.15) is 0 Å². The van der Waals surface area contributed by atoms with E-state index in [1.165, 1.54) is 128 Å². The molecule has 0 unspecified atom stereocenters.